The molecule has 148 valence electrons. The van der Waals surface area contributed by atoms with Gasteiger partial charge in [0.25, 0.3) is 5.56 Å². The van der Waals surface area contributed by atoms with Crippen molar-refractivity contribution in [3.63, 3.8) is 0 Å². The van der Waals surface area contributed by atoms with E-state index in [0.29, 0.717) is 13.2 Å². The molecule has 0 aliphatic carbocycles. The molecule has 0 unspecified atom stereocenters. The second-order valence-corrected chi connectivity index (χ2v) is 9.99. The minimum Gasteiger partial charge on any atom is -0.370 e. The summed E-state index contributed by atoms with van der Waals surface area (Å²) in [6.07, 6.45) is 2.65. The van der Waals surface area contributed by atoms with Crippen molar-refractivity contribution in [3.8, 4) is 0 Å². The second-order valence-electron chi connectivity index (χ2n) is 7.84. The maximum Gasteiger partial charge on any atom is 0.263 e. The molecule has 6 heteroatoms. The van der Waals surface area contributed by atoms with Crippen LogP contribution in [0.4, 0.5) is 0 Å². The van der Waals surface area contributed by atoms with Crippen LogP contribution in [0.15, 0.2) is 40.3 Å². The molecule has 4 rings (SSSR count). The van der Waals surface area contributed by atoms with Crippen LogP contribution in [0.25, 0.3) is 10.2 Å². The summed E-state index contributed by atoms with van der Waals surface area (Å²) >= 11 is 3.31. The average molecular weight is 415 g/mol. The van der Waals surface area contributed by atoms with Gasteiger partial charge in [0.05, 0.1) is 17.6 Å². The van der Waals surface area contributed by atoms with Crippen molar-refractivity contribution in [2.24, 2.45) is 0 Å². The summed E-state index contributed by atoms with van der Waals surface area (Å²) in [7, 11) is 0. The molecule has 0 fully saturated rings. The van der Waals surface area contributed by atoms with E-state index in [-0.39, 0.29) is 11.2 Å². The number of rotatable bonds is 6. The molecule has 0 radical (unpaired) electrons. The fourth-order valence-corrected chi connectivity index (χ4v) is 5.62. The van der Waals surface area contributed by atoms with Crippen LogP contribution in [0, 0.1) is 0 Å². The lowest BCUT2D eigenvalue weighted by Crippen LogP contribution is -2.32. The predicted molar refractivity (Wildman–Crippen MR) is 118 cm³/mol. The Labute approximate surface area is 174 Å². The maximum absolute atomic E-state index is 13.6. The van der Waals surface area contributed by atoms with E-state index in [1.54, 1.807) is 23.1 Å². The van der Waals surface area contributed by atoms with E-state index < -0.39 is 0 Å². The fourth-order valence-electron chi connectivity index (χ4n) is 3.59. The monoisotopic (exact) mass is 414 g/mol. The number of hydrogen-bond acceptors (Lipinski definition) is 5. The molecule has 0 atom stereocenters. The molecule has 1 aliphatic heterocycles. The fraction of sp³-hybridized carbons (Fsp3) is 0.455. The topological polar surface area (TPSA) is 44.1 Å². The average Bonchev–Trinajstić information content (AvgIpc) is 3.03. The largest absolute Gasteiger partial charge is 0.370 e. The highest BCUT2D eigenvalue weighted by atomic mass is 32.2. The third kappa shape index (κ3) is 3.91. The summed E-state index contributed by atoms with van der Waals surface area (Å²) in [6.45, 7) is 7.56. The molecule has 3 aromatic rings. The molecule has 0 saturated carbocycles. The highest BCUT2D eigenvalue weighted by molar-refractivity contribution is 7.99. The van der Waals surface area contributed by atoms with Gasteiger partial charge in [0, 0.05) is 23.6 Å². The van der Waals surface area contributed by atoms with Crippen molar-refractivity contribution in [2.45, 2.75) is 63.9 Å². The first kappa shape index (κ1) is 19.7. The SMILES string of the molecule is CCCSc1nc2sc3c(c2c(=O)n1CCc1ccccc1)CC(C)(C)OC3. The zero-order chi connectivity index (χ0) is 19.7. The van der Waals surface area contributed by atoms with E-state index in [0.717, 1.165) is 50.8 Å². The van der Waals surface area contributed by atoms with Crippen LogP contribution in [0.5, 0.6) is 0 Å². The van der Waals surface area contributed by atoms with Gasteiger partial charge in [-0.3, -0.25) is 9.36 Å². The van der Waals surface area contributed by atoms with Gasteiger partial charge in [-0.25, -0.2) is 4.98 Å². The Morgan fingerprint density at radius 1 is 1.29 bits per heavy atom. The number of fused-ring (bicyclic) bond motifs is 3. The van der Waals surface area contributed by atoms with Gasteiger partial charge < -0.3 is 4.74 Å². The third-order valence-corrected chi connectivity index (χ3v) is 7.34. The smallest absolute Gasteiger partial charge is 0.263 e. The van der Waals surface area contributed by atoms with Gasteiger partial charge in [0.15, 0.2) is 5.16 Å². The molecular formula is C22H26N2O2S2. The summed E-state index contributed by atoms with van der Waals surface area (Å²) in [4.78, 5) is 20.5. The molecule has 1 aliphatic rings. The van der Waals surface area contributed by atoms with Crippen LogP contribution >= 0.6 is 23.1 Å². The van der Waals surface area contributed by atoms with Gasteiger partial charge in [-0.2, -0.15) is 0 Å². The van der Waals surface area contributed by atoms with E-state index in [9.17, 15) is 4.79 Å². The summed E-state index contributed by atoms with van der Waals surface area (Å²) < 4.78 is 7.85. The Bertz CT molecular complexity index is 1040. The van der Waals surface area contributed by atoms with Gasteiger partial charge in [-0.05, 0) is 37.8 Å². The number of thiophene rings is 1. The second kappa shape index (κ2) is 8.01. The van der Waals surface area contributed by atoms with Crippen molar-refractivity contribution in [1.29, 1.82) is 0 Å². The molecule has 2 aromatic heterocycles. The number of aromatic nitrogens is 2. The standard InChI is InChI=1S/C22H26N2O2S2/c1-4-12-27-21-23-19-18(16-13-22(2,3)26-14-17(16)28-19)20(25)24(21)11-10-15-8-6-5-7-9-15/h5-9H,4,10-14H2,1-3H3. The molecule has 0 spiro atoms. The van der Waals surface area contributed by atoms with E-state index in [4.69, 9.17) is 9.72 Å². The van der Waals surface area contributed by atoms with Gasteiger partial charge in [-0.15, -0.1) is 11.3 Å². The summed E-state index contributed by atoms with van der Waals surface area (Å²) in [5, 5.41) is 1.65. The van der Waals surface area contributed by atoms with Crippen LogP contribution in [-0.4, -0.2) is 20.9 Å². The Hall–Kier alpha value is -1.63. The van der Waals surface area contributed by atoms with Crippen molar-refractivity contribution >= 4 is 33.3 Å². The molecule has 0 amide bonds. The first-order chi connectivity index (χ1) is 13.5. The van der Waals surface area contributed by atoms with Gasteiger partial charge in [-0.1, -0.05) is 49.0 Å². The van der Waals surface area contributed by atoms with E-state index in [2.05, 4.69) is 32.9 Å². The van der Waals surface area contributed by atoms with Crippen molar-refractivity contribution in [3.05, 3.63) is 56.7 Å². The highest BCUT2D eigenvalue weighted by Gasteiger charge is 2.31. The first-order valence-electron chi connectivity index (χ1n) is 9.84. The molecular weight excluding hydrogens is 388 g/mol. The zero-order valence-corrected chi connectivity index (χ0v) is 18.3. The molecule has 1 aromatic carbocycles. The van der Waals surface area contributed by atoms with E-state index >= 15 is 0 Å². The van der Waals surface area contributed by atoms with E-state index in [1.165, 1.54) is 5.56 Å². The minimum atomic E-state index is -0.238. The predicted octanol–water partition coefficient (Wildman–Crippen LogP) is 5.05. The number of hydrogen-bond donors (Lipinski definition) is 0. The zero-order valence-electron chi connectivity index (χ0n) is 16.7. The minimum absolute atomic E-state index is 0.106. The first-order valence-corrected chi connectivity index (χ1v) is 11.6. The lowest BCUT2D eigenvalue weighted by molar-refractivity contribution is -0.0379. The lowest BCUT2D eigenvalue weighted by Gasteiger charge is -2.29. The third-order valence-electron chi connectivity index (χ3n) is 5.06. The number of nitrogens with zero attached hydrogens (tertiary/aromatic N) is 2. The van der Waals surface area contributed by atoms with Gasteiger partial charge in [0.1, 0.15) is 4.83 Å². The van der Waals surface area contributed by atoms with E-state index in [1.807, 2.05) is 22.8 Å². The molecule has 3 heterocycles. The van der Waals surface area contributed by atoms with Crippen LogP contribution < -0.4 is 5.56 Å². The lowest BCUT2D eigenvalue weighted by atomic mass is 9.94. The Balaban J connectivity index is 1.79. The van der Waals surface area contributed by atoms with Crippen LogP contribution in [0.3, 0.4) is 0 Å². The number of ether oxygens (including phenoxy) is 1. The maximum atomic E-state index is 13.6. The summed E-state index contributed by atoms with van der Waals surface area (Å²) in [6, 6.07) is 10.3. The molecule has 4 nitrogen and oxygen atoms in total. The molecule has 28 heavy (non-hydrogen) atoms. The summed E-state index contributed by atoms with van der Waals surface area (Å²) in [5.74, 6) is 0.963. The van der Waals surface area contributed by atoms with Crippen LogP contribution in [-0.2, 0) is 30.7 Å². The molecule has 0 N–H and O–H groups in total. The number of aryl methyl sites for hydroxylation is 1. The Kier molecular flexibility index (Phi) is 5.63. The highest BCUT2D eigenvalue weighted by Crippen LogP contribution is 2.37. The normalized spacial score (nSPS) is 15.7. The molecule has 0 bridgehead atoms. The van der Waals surface area contributed by atoms with Crippen LogP contribution in [0.2, 0.25) is 0 Å². The van der Waals surface area contributed by atoms with Crippen LogP contribution in [0.1, 0.15) is 43.2 Å². The number of benzene rings is 1. The van der Waals surface area contributed by atoms with Gasteiger partial charge in [0.2, 0.25) is 0 Å². The van der Waals surface area contributed by atoms with Crippen molar-refractivity contribution < 1.29 is 4.74 Å². The Morgan fingerprint density at radius 2 is 2.07 bits per heavy atom. The van der Waals surface area contributed by atoms with Gasteiger partial charge >= 0.3 is 0 Å². The number of thioether (sulfide) groups is 1. The quantitative estimate of drug-likeness (QED) is 0.418. The summed E-state index contributed by atoms with van der Waals surface area (Å²) in [5.41, 5.74) is 2.25. The van der Waals surface area contributed by atoms with Crippen molar-refractivity contribution in [2.75, 3.05) is 5.75 Å². The molecule has 0 saturated heterocycles. The Morgan fingerprint density at radius 3 is 2.82 bits per heavy atom. The van der Waals surface area contributed by atoms with Crippen molar-refractivity contribution in [1.82, 2.24) is 9.55 Å².